The fraction of sp³-hybridized carbons (Fsp3) is 0.296. The summed E-state index contributed by atoms with van der Waals surface area (Å²) in [5, 5.41) is 10.4. The number of nitrogens with zero attached hydrogens (tertiary/aromatic N) is 2. The lowest BCUT2D eigenvalue weighted by atomic mass is 10.1. The van der Waals surface area contributed by atoms with Crippen molar-refractivity contribution < 1.29 is 23.8 Å². The minimum absolute atomic E-state index is 0.150. The van der Waals surface area contributed by atoms with Gasteiger partial charge in [0.1, 0.15) is 35.8 Å². The Morgan fingerprint density at radius 2 is 1.59 bits per heavy atom. The van der Waals surface area contributed by atoms with Gasteiger partial charge in [-0.15, -0.1) is 0 Å². The zero-order valence-electron chi connectivity index (χ0n) is 19.2. The molecule has 1 N–H and O–H groups in total. The van der Waals surface area contributed by atoms with Gasteiger partial charge in [0.05, 0.1) is 5.69 Å². The number of hydrogen-bond acceptors (Lipinski definition) is 6. The molecule has 0 radical (unpaired) electrons. The summed E-state index contributed by atoms with van der Waals surface area (Å²) in [6.07, 6.45) is -0.640. The molecule has 0 unspecified atom stereocenters. The van der Waals surface area contributed by atoms with Crippen molar-refractivity contribution in [1.29, 1.82) is 0 Å². The van der Waals surface area contributed by atoms with Crippen molar-refractivity contribution in [2.45, 2.75) is 13.0 Å². The number of carbonyl (C=O) groups excluding carboxylic acids is 1. The first-order chi connectivity index (χ1) is 16.5. The van der Waals surface area contributed by atoms with E-state index >= 15 is 0 Å². The van der Waals surface area contributed by atoms with Crippen molar-refractivity contribution in [2.75, 3.05) is 44.2 Å². The molecule has 3 aromatic rings. The van der Waals surface area contributed by atoms with Crippen LogP contribution in [0.3, 0.4) is 0 Å². The van der Waals surface area contributed by atoms with Crippen molar-refractivity contribution >= 4 is 11.5 Å². The van der Waals surface area contributed by atoms with Gasteiger partial charge in [-0.25, -0.2) is 4.39 Å². The van der Waals surface area contributed by atoms with E-state index in [1.807, 2.05) is 59.5 Å². The predicted molar refractivity (Wildman–Crippen MR) is 130 cm³/mol. The number of halogens is 1. The van der Waals surface area contributed by atoms with Crippen molar-refractivity contribution in [3.8, 4) is 17.2 Å². The number of carbonyl (C=O) groups is 1. The van der Waals surface area contributed by atoms with Crippen LogP contribution in [-0.2, 0) is 0 Å². The van der Waals surface area contributed by atoms with Crippen molar-refractivity contribution in [3.63, 3.8) is 0 Å². The second-order valence-corrected chi connectivity index (χ2v) is 8.36. The summed E-state index contributed by atoms with van der Waals surface area (Å²) in [4.78, 5) is 15.5. The lowest BCUT2D eigenvalue weighted by Gasteiger charge is -2.37. The Morgan fingerprint density at radius 3 is 2.24 bits per heavy atom. The average molecular weight is 465 g/mol. The van der Waals surface area contributed by atoms with Gasteiger partial charge >= 0.3 is 0 Å². The molecule has 4 rings (SSSR count). The van der Waals surface area contributed by atoms with E-state index in [1.54, 1.807) is 12.1 Å². The van der Waals surface area contributed by atoms with Crippen LogP contribution in [0.25, 0.3) is 0 Å². The number of para-hydroxylation sites is 1. The zero-order valence-corrected chi connectivity index (χ0v) is 19.2. The number of Topliss-reactive ketones (excluding diaryl/α,β-unsaturated/α-hetero) is 1. The highest BCUT2D eigenvalue weighted by Gasteiger charge is 2.22. The molecular formula is C27H29FN2O4. The Kier molecular flexibility index (Phi) is 7.77. The molecule has 3 aromatic carbocycles. The molecular weight excluding hydrogens is 435 g/mol. The second-order valence-electron chi connectivity index (χ2n) is 8.36. The molecule has 0 amide bonds. The van der Waals surface area contributed by atoms with E-state index < -0.39 is 6.10 Å². The van der Waals surface area contributed by atoms with E-state index in [2.05, 4.69) is 4.90 Å². The number of piperazine rings is 1. The summed E-state index contributed by atoms with van der Waals surface area (Å²) in [6, 6.07) is 21.5. The third-order valence-corrected chi connectivity index (χ3v) is 5.78. The van der Waals surface area contributed by atoms with Gasteiger partial charge in [0, 0.05) is 38.3 Å². The molecule has 0 aliphatic carbocycles. The fourth-order valence-corrected chi connectivity index (χ4v) is 3.93. The summed E-state index contributed by atoms with van der Waals surface area (Å²) >= 11 is 0. The Balaban J connectivity index is 1.20. The van der Waals surface area contributed by atoms with E-state index in [0.29, 0.717) is 55.5 Å². The van der Waals surface area contributed by atoms with E-state index in [9.17, 15) is 14.3 Å². The summed E-state index contributed by atoms with van der Waals surface area (Å²) in [5.41, 5.74) is 0.884. The summed E-state index contributed by atoms with van der Waals surface area (Å²) in [6.45, 7) is 4.79. The first kappa shape index (κ1) is 23.7. The van der Waals surface area contributed by atoms with Gasteiger partial charge in [-0.2, -0.15) is 0 Å². The van der Waals surface area contributed by atoms with Gasteiger partial charge in [0.25, 0.3) is 0 Å². The molecule has 1 saturated heterocycles. The number of ketones is 1. The Hall–Kier alpha value is -3.42. The van der Waals surface area contributed by atoms with Crippen LogP contribution in [0.4, 0.5) is 10.1 Å². The molecule has 1 fully saturated rings. The number of ether oxygens (including phenoxy) is 2. The monoisotopic (exact) mass is 464 g/mol. The van der Waals surface area contributed by atoms with Gasteiger partial charge in [0.2, 0.25) is 0 Å². The maximum atomic E-state index is 14.4. The minimum Gasteiger partial charge on any atom is -0.491 e. The van der Waals surface area contributed by atoms with Crippen LogP contribution in [0, 0.1) is 5.82 Å². The molecule has 34 heavy (non-hydrogen) atoms. The molecule has 1 aliphatic rings. The highest BCUT2D eigenvalue weighted by atomic mass is 19.1. The lowest BCUT2D eigenvalue weighted by molar-refractivity contribution is 0.0662. The zero-order chi connectivity index (χ0) is 23.9. The number of anilines is 1. The molecule has 0 aromatic heterocycles. The summed E-state index contributed by atoms with van der Waals surface area (Å²) < 4.78 is 25.9. The number of aliphatic hydroxyl groups is 1. The number of benzene rings is 3. The molecule has 0 saturated carbocycles. The van der Waals surface area contributed by atoms with Crippen LogP contribution in [-0.4, -0.2) is 61.2 Å². The first-order valence-electron chi connectivity index (χ1n) is 11.4. The molecule has 7 heteroatoms. The number of aliphatic hydroxyl groups excluding tert-OH is 1. The largest absolute Gasteiger partial charge is 0.491 e. The van der Waals surface area contributed by atoms with E-state index in [1.165, 1.54) is 13.0 Å². The van der Waals surface area contributed by atoms with E-state index in [4.69, 9.17) is 9.47 Å². The summed E-state index contributed by atoms with van der Waals surface area (Å²) in [5.74, 6) is 1.61. The van der Waals surface area contributed by atoms with Gasteiger partial charge in [-0.05, 0) is 61.5 Å². The van der Waals surface area contributed by atoms with Crippen molar-refractivity contribution in [1.82, 2.24) is 4.90 Å². The lowest BCUT2D eigenvalue weighted by Crippen LogP contribution is -2.49. The standard InChI is InChI=1S/C27H29FN2O4/c1-20(31)21-7-12-27(26(28)17-21)30-15-13-29(14-16-30)18-22(32)19-33-23-8-10-25(11-9-23)34-24-5-3-2-4-6-24/h2-12,17,22,32H,13-16,18-19H2,1H3/t22-/m1/s1. The third-order valence-electron chi connectivity index (χ3n) is 5.78. The topological polar surface area (TPSA) is 62.2 Å². The van der Waals surface area contributed by atoms with Gasteiger partial charge in [0.15, 0.2) is 5.78 Å². The first-order valence-corrected chi connectivity index (χ1v) is 11.4. The highest BCUT2D eigenvalue weighted by molar-refractivity contribution is 5.94. The Bertz CT molecular complexity index is 1080. The molecule has 1 heterocycles. The van der Waals surface area contributed by atoms with Crippen LogP contribution >= 0.6 is 0 Å². The molecule has 0 spiro atoms. The highest BCUT2D eigenvalue weighted by Crippen LogP contribution is 2.24. The SMILES string of the molecule is CC(=O)c1ccc(N2CCN(C[C@@H](O)COc3ccc(Oc4ccccc4)cc3)CC2)c(F)c1. The second kappa shape index (κ2) is 11.1. The summed E-state index contributed by atoms with van der Waals surface area (Å²) in [7, 11) is 0. The molecule has 1 aliphatic heterocycles. The van der Waals surface area contributed by atoms with E-state index in [-0.39, 0.29) is 18.2 Å². The maximum Gasteiger partial charge on any atom is 0.159 e. The van der Waals surface area contributed by atoms with Crippen LogP contribution in [0.5, 0.6) is 17.2 Å². The van der Waals surface area contributed by atoms with E-state index in [0.717, 1.165) is 5.75 Å². The van der Waals surface area contributed by atoms with Gasteiger partial charge < -0.3 is 19.5 Å². The smallest absolute Gasteiger partial charge is 0.159 e. The Morgan fingerprint density at radius 1 is 0.941 bits per heavy atom. The molecule has 6 nitrogen and oxygen atoms in total. The maximum absolute atomic E-state index is 14.4. The quantitative estimate of drug-likeness (QED) is 0.474. The fourth-order valence-electron chi connectivity index (χ4n) is 3.93. The molecule has 178 valence electrons. The van der Waals surface area contributed by atoms with Gasteiger partial charge in [-0.1, -0.05) is 18.2 Å². The third kappa shape index (κ3) is 6.34. The Labute approximate surface area is 199 Å². The van der Waals surface area contributed by atoms with Crippen molar-refractivity contribution in [3.05, 3.63) is 84.2 Å². The average Bonchev–Trinajstić information content (AvgIpc) is 2.85. The van der Waals surface area contributed by atoms with Crippen molar-refractivity contribution in [2.24, 2.45) is 0 Å². The number of hydrogen-bond donors (Lipinski definition) is 1. The normalized spacial score (nSPS) is 15.1. The molecule has 0 bridgehead atoms. The van der Waals surface area contributed by atoms with Crippen LogP contribution in [0.1, 0.15) is 17.3 Å². The molecule has 1 atom stereocenters. The van der Waals surface area contributed by atoms with Crippen LogP contribution in [0.2, 0.25) is 0 Å². The minimum atomic E-state index is -0.640. The van der Waals surface area contributed by atoms with Crippen LogP contribution in [0.15, 0.2) is 72.8 Å². The predicted octanol–water partition coefficient (Wildman–Crippen LogP) is 4.38. The van der Waals surface area contributed by atoms with Crippen LogP contribution < -0.4 is 14.4 Å². The number of rotatable bonds is 9. The van der Waals surface area contributed by atoms with Gasteiger partial charge in [-0.3, -0.25) is 9.69 Å². The number of β-amino-alcohol motifs (C(OH)–C–C–N with tert-alkyl or cyclic N) is 1.